The zero-order chi connectivity index (χ0) is 16.6. The lowest BCUT2D eigenvalue weighted by Gasteiger charge is -2.27. The summed E-state index contributed by atoms with van der Waals surface area (Å²) >= 11 is 0. The highest BCUT2D eigenvalue weighted by molar-refractivity contribution is 5.93. The molecule has 0 saturated heterocycles. The first-order valence-corrected chi connectivity index (χ1v) is 8.48. The zero-order valence-electron chi connectivity index (χ0n) is 14.9. The van der Waals surface area contributed by atoms with Gasteiger partial charge in [0.05, 0.1) is 0 Å². The number of carbonyl (C=O) groups is 1. The van der Waals surface area contributed by atoms with E-state index in [9.17, 15) is 4.79 Å². The molecule has 22 heavy (non-hydrogen) atoms. The van der Waals surface area contributed by atoms with Crippen molar-refractivity contribution in [3.8, 4) is 0 Å². The van der Waals surface area contributed by atoms with Crippen LogP contribution in [-0.2, 0) is 11.2 Å². The molecule has 0 radical (unpaired) electrons. The van der Waals surface area contributed by atoms with Gasteiger partial charge in [-0.1, -0.05) is 47.5 Å². The standard InChI is InChI=1S/C18H31N3O/c1-6-8-10-15-13-19-14-20-17(15)21(11-9-7-2)16(22)12-18(3,4)5/h13-14H,6-12H2,1-5H3. The normalized spacial score (nSPS) is 11.5. The minimum absolute atomic E-state index is 0.0157. The summed E-state index contributed by atoms with van der Waals surface area (Å²) in [5.41, 5.74) is 1.07. The van der Waals surface area contributed by atoms with Crippen molar-refractivity contribution in [3.05, 3.63) is 18.1 Å². The third-order valence-electron chi connectivity index (χ3n) is 3.54. The molecule has 0 aromatic carbocycles. The summed E-state index contributed by atoms with van der Waals surface area (Å²) in [6.07, 6.45) is 9.15. The van der Waals surface area contributed by atoms with Crippen LogP contribution in [0.25, 0.3) is 0 Å². The number of hydrogen-bond donors (Lipinski definition) is 0. The van der Waals surface area contributed by atoms with Crippen molar-refractivity contribution in [2.75, 3.05) is 11.4 Å². The lowest BCUT2D eigenvalue weighted by Crippen LogP contribution is -2.35. The van der Waals surface area contributed by atoms with E-state index >= 15 is 0 Å². The fraction of sp³-hybridized carbons (Fsp3) is 0.722. The third-order valence-corrected chi connectivity index (χ3v) is 3.54. The van der Waals surface area contributed by atoms with Crippen LogP contribution >= 0.6 is 0 Å². The lowest BCUT2D eigenvalue weighted by atomic mass is 9.91. The summed E-state index contributed by atoms with van der Waals surface area (Å²) in [5.74, 6) is 0.976. The first kappa shape index (κ1) is 18.6. The van der Waals surface area contributed by atoms with Crippen LogP contribution in [0.3, 0.4) is 0 Å². The second kappa shape index (κ2) is 8.86. The van der Waals surface area contributed by atoms with Crippen LogP contribution < -0.4 is 4.90 Å². The number of aryl methyl sites for hydroxylation is 1. The predicted molar refractivity (Wildman–Crippen MR) is 92.0 cm³/mol. The highest BCUT2D eigenvalue weighted by Crippen LogP contribution is 2.25. The highest BCUT2D eigenvalue weighted by Gasteiger charge is 2.24. The quantitative estimate of drug-likeness (QED) is 0.715. The minimum Gasteiger partial charge on any atom is -0.296 e. The Morgan fingerprint density at radius 2 is 1.86 bits per heavy atom. The van der Waals surface area contributed by atoms with E-state index in [1.807, 2.05) is 11.1 Å². The van der Waals surface area contributed by atoms with Gasteiger partial charge in [0, 0.05) is 24.7 Å². The molecule has 1 rings (SSSR count). The van der Waals surface area contributed by atoms with E-state index in [0.29, 0.717) is 6.42 Å². The van der Waals surface area contributed by atoms with Crippen molar-refractivity contribution in [3.63, 3.8) is 0 Å². The summed E-state index contributed by atoms with van der Waals surface area (Å²) < 4.78 is 0. The molecule has 4 nitrogen and oxygen atoms in total. The molecule has 0 N–H and O–H groups in total. The Morgan fingerprint density at radius 3 is 2.45 bits per heavy atom. The van der Waals surface area contributed by atoms with Crippen molar-refractivity contribution in [1.29, 1.82) is 0 Å². The first-order chi connectivity index (χ1) is 10.4. The average Bonchev–Trinajstić information content (AvgIpc) is 2.44. The van der Waals surface area contributed by atoms with Crippen molar-refractivity contribution in [1.82, 2.24) is 9.97 Å². The molecule has 0 bridgehead atoms. The second-order valence-electron chi connectivity index (χ2n) is 7.11. The van der Waals surface area contributed by atoms with E-state index in [0.717, 1.165) is 50.0 Å². The van der Waals surface area contributed by atoms with Gasteiger partial charge in [-0.25, -0.2) is 9.97 Å². The van der Waals surface area contributed by atoms with E-state index in [-0.39, 0.29) is 11.3 Å². The van der Waals surface area contributed by atoms with Gasteiger partial charge in [0.1, 0.15) is 12.1 Å². The molecular weight excluding hydrogens is 274 g/mol. The molecule has 0 atom stereocenters. The summed E-state index contributed by atoms with van der Waals surface area (Å²) in [6, 6.07) is 0. The van der Waals surface area contributed by atoms with Crippen molar-refractivity contribution in [2.45, 2.75) is 73.1 Å². The van der Waals surface area contributed by atoms with E-state index in [4.69, 9.17) is 0 Å². The van der Waals surface area contributed by atoms with Gasteiger partial charge in [0.25, 0.3) is 0 Å². The predicted octanol–water partition coefficient (Wildman–Crippen LogP) is 4.39. The van der Waals surface area contributed by atoms with Gasteiger partial charge in [-0.3, -0.25) is 9.69 Å². The third kappa shape index (κ3) is 6.12. The molecule has 1 heterocycles. The van der Waals surface area contributed by atoms with Crippen LogP contribution in [0.2, 0.25) is 0 Å². The maximum Gasteiger partial charge on any atom is 0.228 e. The van der Waals surface area contributed by atoms with Crippen LogP contribution in [0.1, 0.15) is 72.3 Å². The van der Waals surface area contributed by atoms with Gasteiger partial charge in [0.2, 0.25) is 5.91 Å². The fourth-order valence-electron chi connectivity index (χ4n) is 2.35. The Hall–Kier alpha value is -1.45. The van der Waals surface area contributed by atoms with Crippen LogP contribution in [0.15, 0.2) is 12.5 Å². The largest absolute Gasteiger partial charge is 0.296 e. The highest BCUT2D eigenvalue weighted by atomic mass is 16.2. The molecule has 0 spiro atoms. The van der Waals surface area contributed by atoms with Crippen molar-refractivity contribution in [2.24, 2.45) is 5.41 Å². The summed E-state index contributed by atoms with van der Waals surface area (Å²) in [7, 11) is 0. The molecular formula is C18H31N3O. The second-order valence-corrected chi connectivity index (χ2v) is 7.11. The van der Waals surface area contributed by atoms with Gasteiger partial charge in [0.15, 0.2) is 0 Å². The van der Waals surface area contributed by atoms with Crippen LogP contribution in [0.5, 0.6) is 0 Å². The van der Waals surface area contributed by atoms with Gasteiger partial charge in [-0.2, -0.15) is 0 Å². The zero-order valence-corrected chi connectivity index (χ0v) is 14.9. The van der Waals surface area contributed by atoms with Crippen LogP contribution in [0.4, 0.5) is 5.82 Å². The molecule has 0 aliphatic rings. The van der Waals surface area contributed by atoms with Crippen molar-refractivity contribution < 1.29 is 4.79 Å². The molecule has 0 unspecified atom stereocenters. The molecule has 0 aliphatic carbocycles. The van der Waals surface area contributed by atoms with Gasteiger partial charge >= 0.3 is 0 Å². The number of nitrogens with zero attached hydrogens (tertiary/aromatic N) is 3. The Labute approximate surface area is 135 Å². The SMILES string of the molecule is CCCCc1cncnc1N(CCCC)C(=O)CC(C)(C)C. The van der Waals surface area contributed by atoms with Crippen LogP contribution in [-0.4, -0.2) is 22.4 Å². The summed E-state index contributed by atoms with van der Waals surface area (Å²) in [6.45, 7) is 11.3. The average molecular weight is 305 g/mol. The molecule has 4 heteroatoms. The van der Waals surface area contributed by atoms with Gasteiger partial charge in [-0.05, 0) is 24.7 Å². The molecule has 0 aliphatic heterocycles. The Balaban J connectivity index is 3.03. The molecule has 1 aromatic heterocycles. The smallest absolute Gasteiger partial charge is 0.228 e. The molecule has 0 saturated carbocycles. The Bertz CT molecular complexity index is 466. The molecule has 1 amide bonds. The molecule has 124 valence electrons. The molecule has 1 aromatic rings. The van der Waals surface area contributed by atoms with E-state index in [1.165, 1.54) is 0 Å². The van der Waals surface area contributed by atoms with Crippen LogP contribution in [0, 0.1) is 5.41 Å². The number of hydrogen-bond acceptors (Lipinski definition) is 3. The first-order valence-electron chi connectivity index (χ1n) is 8.48. The summed E-state index contributed by atoms with van der Waals surface area (Å²) in [5, 5.41) is 0. The van der Waals surface area contributed by atoms with Crippen molar-refractivity contribution >= 4 is 11.7 Å². The number of rotatable bonds is 8. The monoisotopic (exact) mass is 305 g/mol. The van der Waals surface area contributed by atoms with Gasteiger partial charge in [-0.15, -0.1) is 0 Å². The van der Waals surface area contributed by atoms with E-state index in [2.05, 4.69) is 44.6 Å². The number of amides is 1. The summed E-state index contributed by atoms with van der Waals surface area (Å²) in [4.78, 5) is 23.2. The van der Waals surface area contributed by atoms with Gasteiger partial charge < -0.3 is 0 Å². The Kier molecular flexibility index (Phi) is 7.49. The maximum atomic E-state index is 12.8. The molecule has 0 fully saturated rings. The number of anilines is 1. The number of carbonyl (C=O) groups excluding carboxylic acids is 1. The fourth-order valence-corrected chi connectivity index (χ4v) is 2.35. The maximum absolute atomic E-state index is 12.8. The van der Waals surface area contributed by atoms with E-state index < -0.39 is 0 Å². The number of aromatic nitrogens is 2. The lowest BCUT2D eigenvalue weighted by molar-refractivity contribution is -0.120. The minimum atomic E-state index is -0.0157. The number of unbranched alkanes of at least 4 members (excludes halogenated alkanes) is 2. The Morgan fingerprint density at radius 1 is 1.18 bits per heavy atom. The topological polar surface area (TPSA) is 46.1 Å². The van der Waals surface area contributed by atoms with E-state index in [1.54, 1.807) is 6.33 Å².